The predicted molar refractivity (Wildman–Crippen MR) is 154 cm³/mol. The number of aromatic amines is 1. The van der Waals surface area contributed by atoms with Crippen LogP contribution in [0.3, 0.4) is 0 Å². The number of hydrogen-bond donors (Lipinski definition) is 2. The van der Waals surface area contributed by atoms with Crippen LogP contribution in [-0.2, 0) is 17.8 Å². The zero-order valence-corrected chi connectivity index (χ0v) is 22.8. The molecule has 0 unspecified atom stereocenters. The van der Waals surface area contributed by atoms with E-state index in [0.717, 1.165) is 22.4 Å². The number of benzene rings is 2. The molecule has 0 saturated carbocycles. The Morgan fingerprint density at radius 3 is 2.44 bits per heavy atom. The van der Waals surface area contributed by atoms with E-state index in [-0.39, 0.29) is 23.9 Å². The number of nitro benzene ring substituents is 1. The Morgan fingerprint density at radius 1 is 1.08 bits per heavy atom. The van der Waals surface area contributed by atoms with Gasteiger partial charge in [0.2, 0.25) is 5.91 Å². The van der Waals surface area contributed by atoms with Crippen molar-refractivity contribution in [1.82, 2.24) is 14.5 Å². The molecule has 1 amide bonds. The highest BCUT2D eigenvalue weighted by Gasteiger charge is 2.21. The molecule has 1 aliphatic heterocycles. The fourth-order valence-corrected chi connectivity index (χ4v) is 5.30. The van der Waals surface area contributed by atoms with Crippen molar-refractivity contribution >= 4 is 40.5 Å². The lowest BCUT2D eigenvalue weighted by Gasteiger charge is -2.36. The summed E-state index contributed by atoms with van der Waals surface area (Å²) in [6.45, 7) is 6.72. The molecule has 3 aromatic rings. The average Bonchev–Trinajstić information content (AvgIpc) is 2.93. The molecule has 2 heterocycles. The molecule has 1 fully saturated rings. The standard InChI is InChI=1S/C27H32N6O5S/c1-3-20-16-21(5-4-19(20)2)28-24-17-25(34)32(27(36)29-24)14-15-39-18-26(35)31-12-10-30(11-13-31)22-6-8-23(9-7-22)33(37)38/h4-9,16-17,28H,3,10-15,18H2,1-2H3,(H,29,36). The fraction of sp³-hybridized carbons (Fsp3) is 0.370. The third-order valence-corrected chi connectivity index (χ3v) is 7.69. The number of nitrogens with one attached hydrogen (secondary N) is 2. The third kappa shape index (κ3) is 7.08. The number of aryl methyl sites for hydroxylation is 2. The second-order valence-corrected chi connectivity index (χ2v) is 10.4. The lowest BCUT2D eigenvalue weighted by molar-refractivity contribution is -0.384. The first-order valence-corrected chi connectivity index (χ1v) is 14.0. The van der Waals surface area contributed by atoms with Gasteiger partial charge in [0.15, 0.2) is 0 Å². The van der Waals surface area contributed by atoms with Gasteiger partial charge in [-0.3, -0.25) is 29.3 Å². The van der Waals surface area contributed by atoms with E-state index in [1.807, 2.05) is 25.1 Å². The Morgan fingerprint density at radius 2 is 1.79 bits per heavy atom. The van der Waals surface area contributed by atoms with E-state index in [1.165, 1.54) is 41.1 Å². The molecule has 12 heteroatoms. The summed E-state index contributed by atoms with van der Waals surface area (Å²) in [4.78, 5) is 54.8. The van der Waals surface area contributed by atoms with Gasteiger partial charge in [0.05, 0.1) is 10.7 Å². The molecule has 1 aromatic heterocycles. The summed E-state index contributed by atoms with van der Waals surface area (Å²) in [7, 11) is 0. The smallest absolute Gasteiger partial charge is 0.329 e. The van der Waals surface area contributed by atoms with Gasteiger partial charge in [-0.25, -0.2) is 4.79 Å². The second-order valence-electron chi connectivity index (χ2n) is 9.29. The van der Waals surface area contributed by atoms with Crippen molar-refractivity contribution in [3.05, 3.63) is 90.6 Å². The number of carbonyl (C=O) groups excluding carboxylic acids is 1. The minimum Gasteiger partial charge on any atom is -0.368 e. The van der Waals surface area contributed by atoms with Crippen LogP contribution in [0.15, 0.2) is 58.1 Å². The quantitative estimate of drug-likeness (QED) is 0.223. The largest absolute Gasteiger partial charge is 0.368 e. The van der Waals surface area contributed by atoms with Crippen LogP contribution >= 0.6 is 11.8 Å². The van der Waals surface area contributed by atoms with Gasteiger partial charge >= 0.3 is 5.69 Å². The number of piperazine rings is 1. The van der Waals surface area contributed by atoms with Crippen LogP contribution in [0.4, 0.5) is 22.9 Å². The number of nitro groups is 1. The molecular formula is C27H32N6O5S. The Labute approximate surface area is 230 Å². The summed E-state index contributed by atoms with van der Waals surface area (Å²) in [5, 5.41) is 13.9. The molecule has 2 aromatic carbocycles. The van der Waals surface area contributed by atoms with Crippen molar-refractivity contribution in [3.63, 3.8) is 0 Å². The summed E-state index contributed by atoms with van der Waals surface area (Å²) in [6, 6.07) is 13.7. The molecule has 4 rings (SSSR count). The van der Waals surface area contributed by atoms with Crippen LogP contribution in [-0.4, -0.2) is 63.0 Å². The molecular weight excluding hydrogens is 520 g/mol. The second kappa shape index (κ2) is 12.7. The predicted octanol–water partition coefficient (Wildman–Crippen LogP) is 3.14. The molecule has 0 atom stereocenters. The number of hydrogen-bond acceptors (Lipinski definition) is 8. The number of thioether (sulfide) groups is 1. The van der Waals surface area contributed by atoms with Crippen molar-refractivity contribution in [1.29, 1.82) is 0 Å². The molecule has 1 aliphatic rings. The van der Waals surface area contributed by atoms with Crippen LogP contribution in [0.25, 0.3) is 0 Å². The van der Waals surface area contributed by atoms with Crippen molar-refractivity contribution in [2.75, 3.05) is 47.9 Å². The van der Waals surface area contributed by atoms with Gasteiger partial charge in [-0.1, -0.05) is 13.0 Å². The number of rotatable bonds is 10. The van der Waals surface area contributed by atoms with Gasteiger partial charge in [0, 0.05) is 68.1 Å². The first-order chi connectivity index (χ1) is 18.7. The molecule has 11 nitrogen and oxygen atoms in total. The van der Waals surface area contributed by atoms with Crippen molar-refractivity contribution in [3.8, 4) is 0 Å². The highest BCUT2D eigenvalue weighted by atomic mass is 32.2. The van der Waals surface area contributed by atoms with Crippen molar-refractivity contribution in [2.45, 2.75) is 26.8 Å². The molecule has 0 aliphatic carbocycles. The Hall–Kier alpha value is -4.06. The average molecular weight is 553 g/mol. The summed E-state index contributed by atoms with van der Waals surface area (Å²) in [5.74, 6) is 1.05. The first-order valence-electron chi connectivity index (χ1n) is 12.8. The molecule has 0 radical (unpaired) electrons. The van der Waals surface area contributed by atoms with E-state index in [1.54, 1.807) is 17.0 Å². The molecule has 2 N–H and O–H groups in total. The lowest BCUT2D eigenvalue weighted by Crippen LogP contribution is -2.49. The van der Waals surface area contributed by atoms with Gasteiger partial charge in [0.25, 0.3) is 11.2 Å². The summed E-state index contributed by atoms with van der Waals surface area (Å²) in [5.41, 5.74) is 3.22. The molecule has 0 spiro atoms. The van der Waals surface area contributed by atoms with Crippen LogP contribution in [0.5, 0.6) is 0 Å². The van der Waals surface area contributed by atoms with Gasteiger partial charge in [0.1, 0.15) is 5.82 Å². The van der Waals surface area contributed by atoms with E-state index < -0.39 is 16.2 Å². The zero-order valence-electron chi connectivity index (χ0n) is 22.0. The Kier molecular flexibility index (Phi) is 9.07. The van der Waals surface area contributed by atoms with E-state index in [9.17, 15) is 24.5 Å². The maximum absolute atomic E-state index is 12.7. The van der Waals surface area contributed by atoms with Crippen LogP contribution < -0.4 is 21.5 Å². The first kappa shape index (κ1) is 28.0. The topological polar surface area (TPSA) is 134 Å². The number of aromatic nitrogens is 2. The normalized spacial score (nSPS) is 13.4. The number of non-ortho nitro benzene ring substituents is 1. The minimum absolute atomic E-state index is 0.00806. The van der Waals surface area contributed by atoms with Gasteiger partial charge in [-0.15, -0.1) is 0 Å². The third-order valence-electron chi connectivity index (χ3n) is 6.77. The maximum Gasteiger partial charge on any atom is 0.329 e. The number of anilines is 3. The van der Waals surface area contributed by atoms with Gasteiger partial charge < -0.3 is 15.1 Å². The van der Waals surface area contributed by atoms with Gasteiger partial charge in [-0.2, -0.15) is 11.8 Å². The van der Waals surface area contributed by atoms with E-state index in [0.29, 0.717) is 37.7 Å². The highest BCUT2D eigenvalue weighted by molar-refractivity contribution is 7.99. The fourth-order valence-electron chi connectivity index (χ4n) is 4.49. The number of H-pyrrole nitrogens is 1. The van der Waals surface area contributed by atoms with Crippen molar-refractivity contribution in [2.24, 2.45) is 0 Å². The van der Waals surface area contributed by atoms with E-state index in [4.69, 9.17) is 0 Å². The molecule has 1 saturated heterocycles. The minimum atomic E-state index is -0.498. The lowest BCUT2D eigenvalue weighted by atomic mass is 10.1. The summed E-state index contributed by atoms with van der Waals surface area (Å²) < 4.78 is 1.14. The zero-order chi connectivity index (χ0) is 27.9. The van der Waals surface area contributed by atoms with Crippen molar-refractivity contribution < 1.29 is 9.72 Å². The number of nitrogens with zero attached hydrogens (tertiary/aromatic N) is 4. The van der Waals surface area contributed by atoms with Gasteiger partial charge in [-0.05, 0) is 48.7 Å². The Bertz CT molecular complexity index is 1410. The number of amides is 1. The Balaban J connectivity index is 1.23. The SMILES string of the molecule is CCc1cc(Nc2cc(=O)n(CCSCC(=O)N3CCN(c4ccc([N+](=O)[O-])cc4)CC3)c(=O)[nH]2)ccc1C. The molecule has 39 heavy (non-hydrogen) atoms. The van der Waals surface area contributed by atoms with Crippen LogP contribution in [0.1, 0.15) is 18.1 Å². The monoisotopic (exact) mass is 552 g/mol. The summed E-state index contributed by atoms with van der Waals surface area (Å²) >= 11 is 1.38. The summed E-state index contributed by atoms with van der Waals surface area (Å²) in [6.07, 6.45) is 0.887. The van der Waals surface area contributed by atoms with Crippen LogP contribution in [0, 0.1) is 17.0 Å². The maximum atomic E-state index is 12.7. The highest BCUT2D eigenvalue weighted by Crippen LogP contribution is 2.21. The molecule has 206 valence electrons. The van der Waals surface area contributed by atoms with Crippen LogP contribution in [0.2, 0.25) is 0 Å². The molecule has 0 bridgehead atoms. The van der Waals surface area contributed by atoms with E-state index >= 15 is 0 Å². The number of carbonyl (C=O) groups is 1. The van der Waals surface area contributed by atoms with E-state index in [2.05, 4.69) is 22.1 Å².